The number of nitrogens with zero attached hydrogens (tertiary/aromatic N) is 1. The number of hydrogen-bond acceptors (Lipinski definition) is 3. The van der Waals surface area contributed by atoms with Crippen LogP contribution < -0.4 is 16.0 Å². The summed E-state index contributed by atoms with van der Waals surface area (Å²) >= 11 is 0. The monoisotopic (exact) mass is 450 g/mol. The van der Waals surface area contributed by atoms with Gasteiger partial charge in [-0.2, -0.15) is 0 Å². The molecule has 0 aliphatic carbocycles. The van der Waals surface area contributed by atoms with Crippen LogP contribution >= 0.6 is 0 Å². The quantitative estimate of drug-likeness (QED) is 0.604. The maximum atomic E-state index is 13.0. The lowest BCUT2D eigenvalue weighted by Crippen LogP contribution is -2.53. The summed E-state index contributed by atoms with van der Waals surface area (Å²) < 4.78 is 0. The third-order valence-electron chi connectivity index (χ3n) is 6.15. The van der Waals surface area contributed by atoms with Crippen LogP contribution in [0.15, 0.2) is 48.5 Å². The zero-order valence-electron chi connectivity index (χ0n) is 19.7. The fourth-order valence-corrected chi connectivity index (χ4v) is 4.19. The minimum atomic E-state index is -0.629. The van der Waals surface area contributed by atoms with Crippen molar-refractivity contribution >= 4 is 23.5 Å². The Kier molecular flexibility index (Phi) is 8.46. The van der Waals surface area contributed by atoms with Crippen molar-refractivity contribution in [2.75, 3.05) is 18.4 Å². The minimum absolute atomic E-state index is 0.0300. The second kappa shape index (κ2) is 11.5. The number of benzene rings is 2. The van der Waals surface area contributed by atoms with Crippen LogP contribution in [0.25, 0.3) is 0 Å². The predicted octanol–water partition coefficient (Wildman–Crippen LogP) is 3.42. The molecule has 4 amide bonds. The van der Waals surface area contributed by atoms with Crippen LogP contribution in [0.4, 0.5) is 10.5 Å². The van der Waals surface area contributed by atoms with Crippen molar-refractivity contribution < 1.29 is 14.4 Å². The summed E-state index contributed by atoms with van der Waals surface area (Å²) in [6, 6.07) is 14.9. The molecule has 0 saturated carbocycles. The zero-order valence-corrected chi connectivity index (χ0v) is 19.7. The number of aryl methyl sites for hydroxylation is 2. The van der Waals surface area contributed by atoms with E-state index < -0.39 is 6.04 Å². The molecule has 1 heterocycles. The van der Waals surface area contributed by atoms with Crippen LogP contribution in [-0.4, -0.2) is 47.9 Å². The van der Waals surface area contributed by atoms with E-state index in [0.717, 1.165) is 28.8 Å². The topological polar surface area (TPSA) is 90.5 Å². The van der Waals surface area contributed by atoms with Gasteiger partial charge in [-0.15, -0.1) is 0 Å². The molecule has 7 heteroatoms. The Balaban J connectivity index is 1.54. The molecule has 176 valence electrons. The summed E-state index contributed by atoms with van der Waals surface area (Å²) in [5, 5.41) is 8.88. The smallest absolute Gasteiger partial charge is 0.321 e. The normalized spacial score (nSPS) is 14.9. The molecule has 0 spiro atoms. The Morgan fingerprint density at radius 3 is 2.27 bits per heavy atom. The van der Waals surface area contributed by atoms with Crippen LogP contribution in [0.2, 0.25) is 0 Å². The molecule has 1 unspecified atom stereocenters. The highest BCUT2D eigenvalue weighted by molar-refractivity contribution is 5.90. The van der Waals surface area contributed by atoms with Gasteiger partial charge in [-0.1, -0.05) is 49.4 Å². The Bertz CT molecular complexity index is 983. The first-order chi connectivity index (χ1) is 15.9. The molecule has 1 fully saturated rings. The van der Waals surface area contributed by atoms with E-state index >= 15 is 0 Å². The maximum absolute atomic E-state index is 13.0. The minimum Gasteiger partial charge on any atom is -0.351 e. The van der Waals surface area contributed by atoms with Gasteiger partial charge >= 0.3 is 6.03 Å². The molecule has 1 saturated heterocycles. The third-order valence-corrected chi connectivity index (χ3v) is 6.15. The number of anilines is 1. The molecule has 1 aliphatic heterocycles. The standard InChI is InChI=1S/C26H34N4O3/c1-4-20-10-7-8-12-23(20)29-26(33)30-15-13-22(14-16-30)28-25(32)24(27-19(3)31)17-21-11-6-5-9-18(21)2/h5-12,22,24H,4,13-17H2,1-3H3,(H,27,31)(H,28,32)(H,29,33). The summed E-state index contributed by atoms with van der Waals surface area (Å²) in [5.41, 5.74) is 4.07. The Morgan fingerprint density at radius 2 is 1.64 bits per heavy atom. The van der Waals surface area contributed by atoms with E-state index in [1.807, 2.05) is 55.5 Å². The number of nitrogens with one attached hydrogen (secondary N) is 3. The van der Waals surface area contributed by atoms with Gasteiger partial charge in [-0.05, 0) is 48.9 Å². The molecule has 0 bridgehead atoms. The highest BCUT2D eigenvalue weighted by Crippen LogP contribution is 2.18. The first kappa shape index (κ1) is 24.3. The van der Waals surface area contributed by atoms with E-state index in [1.165, 1.54) is 6.92 Å². The van der Waals surface area contributed by atoms with Crippen molar-refractivity contribution in [2.24, 2.45) is 0 Å². The van der Waals surface area contributed by atoms with E-state index in [2.05, 4.69) is 22.9 Å². The molecule has 3 rings (SSSR count). The number of carbonyl (C=O) groups is 3. The average molecular weight is 451 g/mol. The van der Waals surface area contributed by atoms with Gasteiger partial charge in [0.15, 0.2) is 0 Å². The average Bonchev–Trinajstić information content (AvgIpc) is 2.80. The van der Waals surface area contributed by atoms with Gasteiger partial charge in [-0.25, -0.2) is 4.79 Å². The van der Waals surface area contributed by atoms with Crippen molar-refractivity contribution in [3.05, 3.63) is 65.2 Å². The van der Waals surface area contributed by atoms with E-state index in [1.54, 1.807) is 4.90 Å². The lowest BCUT2D eigenvalue weighted by molar-refractivity contribution is -0.128. The second-order valence-electron chi connectivity index (χ2n) is 8.59. The van der Waals surface area contributed by atoms with Crippen LogP contribution in [0.5, 0.6) is 0 Å². The summed E-state index contributed by atoms with van der Waals surface area (Å²) in [7, 11) is 0. The van der Waals surface area contributed by atoms with Gasteiger partial charge in [0.05, 0.1) is 0 Å². The van der Waals surface area contributed by atoms with Crippen LogP contribution in [0.3, 0.4) is 0 Å². The van der Waals surface area contributed by atoms with Gasteiger partial charge in [0.25, 0.3) is 0 Å². The molecule has 3 N–H and O–H groups in total. The molecule has 1 atom stereocenters. The molecule has 1 aliphatic rings. The van der Waals surface area contributed by atoms with Crippen molar-refractivity contribution in [1.82, 2.24) is 15.5 Å². The molecule has 0 aromatic heterocycles. The highest BCUT2D eigenvalue weighted by Gasteiger charge is 2.27. The number of hydrogen-bond donors (Lipinski definition) is 3. The lowest BCUT2D eigenvalue weighted by atomic mass is 9.99. The Morgan fingerprint density at radius 1 is 1.00 bits per heavy atom. The number of urea groups is 1. The van der Waals surface area contributed by atoms with Gasteiger partial charge in [-0.3, -0.25) is 9.59 Å². The third kappa shape index (κ3) is 6.81. The Labute approximate surface area is 195 Å². The molecular formula is C26H34N4O3. The van der Waals surface area contributed by atoms with Gasteiger partial charge < -0.3 is 20.9 Å². The van der Waals surface area contributed by atoms with Crippen LogP contribution in [-0.2, 0) is 22.4 Å². The van der Waals surface area contributed by atoms with Gasteiger partial charge in [0.1, 0.15) is 6.04 Å². The summed E-state index contributed by atoms with van der Waals surface area (Å²) in [6.45, 7) is 6.61. The first-order valence-electron chi connectivity index (χ1n) is 11.6. The predicted molar refractivity (Wildman–Crippen MR) is 130 cm³/mol. The number of amides is 4. The number of para-hydroxylation sites is 1. The molecule has 33 heavy (non-hydrogen) atoms. The summed E-state index contributed by atoms with van der Waals surface area (Å²) in [6.07, 6.45) is 2.64. The van der Waals surface area contributed by atoms with Gasteiger partial charge in [0.2, 0.25) is 11.8 Å². The van der Waals surface area contributed by atoms with Crippen molar-refractivity contribution in [1.29, 1.82) is 0 Å². The van der Waals surface area contributed by atoms with Crippen molar-refractivity contribution in [2.45, 2.75) is 58.5 Å². The fourth-order valence-electron chi connectivity index (χ4n) is 4.19. The molecule has 7 nitrogen and oxygen atoms in total. The number of piperidine rings is 1. The van der Waals surface area contributed by atoms with Crippen LogP contribution in [0, 0.1) is 6.92 Å². The largest absolute Gasteiger partial charge is 0.351 e. The van der Waals surface area contributed by atoms with Gasteiger partial charge in [0, 0.05) is 38.2 Å². The number of likely N-dealkylation sites (tertiary alicyclic amines) is 1. The molecule has 2 aromatic carbocycles. The second-order valence-corrected chi connectivity index (χ2v) is 8.59. The SMILES string of the molecule is CCc1ccccc1NC(=O)N1CCC(NC(=O)C(Cc2ccccc2C)NC(C)=O)CC1. The van der Waals surface area contributed by atoms with Crippen molar-refractivity contribution in [3.63, 3.8) is 0 Å². The zero-order chi connectivity index (χ0) is 23.8. The molecular weight excluding hydrogens is 416 g/mol. The summed E-state index contributed by atoms with van der Waals surface area (Å²) in [5.74, 6) is -0.421. The lowest BCUT2D eigenvalue weighted by Gasteiger charge is -2.33. The highest BCUT2D eigenvalue weighted by atomic mass is 16.2. The van der Waals surface area contributed by atoms with E-state index in [9.17, 15) is 14.4 Å². The molecule has 2 aromatic rings. The first-order valence-corrected chi connectivity index (χ1v) is 11.6. The van der Waals surface area contributed by atoms with E-state index in [-0.39, 0.29) is 23.9 Å². The Hall–Kier alpha value is -3.35. The number of carbonyl (C=O) groups excluding carboxylic acids is 3. The van der Waals surface area contributed by atoms with Crippen LogP contribution in [0.1, 0.15) is 43.4 Å². The molecule has 0 radical (unpaired) electrons. The maximum Gasteiger partial charge on any atom is 0.321 e. The number of rotatable bonds is 7. The van der Waals surface area contributed by atoms with E-state index in [4.69, 9.17) is 0 Å². The van der Waals surface area contributed by atoms with Crippen molar-refractivity contribution in [3.8, 4) is 0 Å². The summed E-state index contributed by atoms with van der Waals surface area (Å²) in [4.78, 5) is 39.2. The van der Waals surface area contributed by atoms with E-state index in [0.29, 0.717) is 32.4 Å². The fraction of sp³-hybridized carbons (Fsp3) is 0.423.